The van der Waals surface area contributed by atoms with Crippen molar-refractivity contribution in [3.63, 3.8) is 0 Å². The van der Waals surface area contributed by atoms with Crippen LogP contribution in [0.4, 0.5) is 0 Å². The van der Waals surface area contributed by atoms with E-state index in [9.17, 15) is 0 Å². The van der Waals surface area contributed by atoms with Crippen LogP contribution in [-0.2, 0) is 0 Å². The van der Waals surface area contributed by atoms with Crippen molar-refractivity contribution in [2.45, 2.75) is 34.6 Å². The van der Waals surface area contributed by atoms with Gasteiger partial charge in [-0.3, -0.25) is 0 Å². The highest BCUT2D eigenvalue weighted by atomic mass is 14.5. The summed E-state index contributed by atoms with van der Waals surface area (Å²) >= 11 is 0. The van der Waals surface area contributed by atoms with Gasteiger partial charge in [0.25, 0.3) is 0 Å². The molecule has 0 radical (unpaired) electrons. The van der Waals surface area contributed by atoms with Gasteiger partial charge in [0.15, 0.2) is 0 Å². The van der Waals surface area contributed by atoms with Crippen molar-refractivity contribution in [3.05, 3.63) is 11.1 Å². The molecule has 0 aliphatic rings. The molecular weight excluding hydrogens is 148 g/mol. The molecule has 0 spiro atoms. The Morgan fingerprint density at radius 2 is 1.67 bits per heavy atom. The summed E-state index contributed by atoms with van der Waals surface area (Å²) in [6.07, 6.45) is 0. The first-order valence-corrected chi connectivity index (χ1v) is 3.97. The minimum absolute atomic E-state index is 0.234. The second-order valence-electron chi connectivity index (χ2n) is 4.11. The van der Waals surface area contributed by atoms with E-state index in [4.69, 9.17) is 10.7 Å². The van der Waals surface area contributed by atoms with Crippen molar-refractivity contribution in [1.29, 1.82) is 10.7 Å². The van der Waals surface area contributed by atoms with Crippen LogP contribution < -0.4 is 0 Å². The first-order chi connectivity index (χ1) is 5.30. The third-order valence-corrected chi connectivity index (χ3v) is 1.61. The molecular formula is C10H16N2. The van der Waals surface area contributed by atoms with Crippen molar-refractivity contribution in [3.8, 4) is 6.07 Å². The lowest BCUT2D eigenvalue weighted by Crippen LogP contribution is -2.21. The van der Waals surface area contributed by atoms with Gasteiger partial charge in [0.2, 0.25) is 0 Å². The third kappa shape index (κ3) is 2.50. The van der Waals surface area contributed by atoms with Gasteiger partial charge < -0.3 is 5.41 Å². The maximum absolute atomic E-state index is 8.78. The number of nitrogens with zero attached hydrogens (tertiary/aromatic N) is 1. The van der Waals surface area contributed by atoms with Crippen molar-refractivity contribution >= 4 is 5.71 Å². The van der Waals surface area contributed by atoms with Crippen LogP contribution in [0.1, 0.15) is 34.6 Å². The van der Waals surface area contributed by atoms with Crippen LogP contribution in [0.3, 0.4) is 0 Å². The molecule has 0 aliphatic heterocycles. The summed E-state index contributed by atoms with van der Waals surface area (Å²) < 4.78 is 0. The summed E-state index contributed by atoms with van der Waals surface area (Å²) in [4.78, 5) is 0. The van der Waals surface area contributed by atoms with E-state index in [2.05, 4.69) is 6.07 Å². The van der Waals surface area contributed by atoms with Gasteiger partial charge in [-0.05, 0) is 13.8 Å². The third-order valence-electron chi connectivity index (χ3n) is 1.61. The Morgan fingerprint density at radius 1 is 1.25 bits per heavy atom. The predicted molar refractivity (Wildman–Crippen MR) is 51.2 cm³/mol. The molecule has 0 bridgehead atoms. The van der Waals surface area contributed by atoms with Gasteiger partial charge in [0, 0.05) is 5.41 Å². The Bertz CT molecular complexity index is 255. The summed E-state index contributed by atoms with van der Waals surface area (Å²) in [6.45, 7) is 9.54. The van der Waals surface area contributed by atoms with E-state index in [1.54, 1.807) is 0 Å². The molecule has 1 N–H and O–H groups in total. The molecule has 0 saturated heterocycles. The van der Waals surface area contributed by atoms with Crippen molar-refractivity contribution in [1.82, 2.24) is 0 Å². The normalized spacial score (nSPS) is 10.3. The fourth-order valence-corrected chi connectivity index (χ4v) is 0.793. The van der Waals surface area contributed by atoms with Crippen LogP contribution in [0, 0.1) is 22.2 Å². The number of nitriles is 1. The Balaban J connectivity index is 4.98. The van der Waals surface area contributed by atoms with Crippen molar-refractivity contribution in [2.24, 2.45) is 5.41 Å². The minimum Gasteiger partial charge on any atom is -0.303 e. The summed E-state index contributed by atoms with van der Waals surface area (Å²) in [7, 11) is 0. The van der Waals surface area contributed by atoms with Gasteiger partial charge in [0.05, 0.1) is 11.3 Å². The Labute approximate surface area is 74.4 Å². The van der Waals surface area contributed by atoms with E-state index in [1.807, 2.05) is 34.6 Å². The van der Waals surface area contributed by atoms with Gasteiger partial charge in [-0.2, -0.15) is 5.26 Å². The number of allylic oxidation sites excluding steroid dienone is 2. The molecule has 0 amide bonds. The zero-order valence-corrected chi connectivity index (χ0v) is 8.45. The SMILES string of the molecule is CC(C)=C(C#N)C(=N)C(C)(C)C. The van der Waals surface area contributed by atoms with E-state index in [0.717, 1.165) is 5.57 Å². The second kappa shape index (κ2) is 3.53. The molecule has 66 valence electrons. The molecule has 0 heterocycles. The van der Waals surface area contributed by atoms with Gasteiger partial charge >= 0.3 is 0 Å². The molecule has 0 aliphatic carbocycles. The van der Waals surface area contributed by atoms with Crippen molar-refractivity contribution < 1.29 is 0 Å². The monoisotopic (exact) mass is 164 g/mol. The lowest BCUT2D eigenvalue weighted by Gasteiger charge is -2.19. The maximum Gasteiger partial charge on any atom is 0.101 e. The quantitative estimate of drug-likeness (QED) is 0.470. The molecule has 0 aromatic heterocycles. The number of nitrogens with one attached hydrogen (secondary N) is 1. The van der Waals surface area contributed by atoms with Gasteiger partial charge in [0.1, 0.15) is 6.07 Å². The highest BCUT2D eigenvalue weighted by Crippen LogP contribution is 2.21. The number of hydrogen-bond donors (Lipinski definition) is 1. The van der Waals surface area contributed by atoms with E-state index in [0.29, 0.717) is 11.3 Å². The zero-order valence-electron chi connectivity index (χ0n) is 8.45. The Hall–Kier alpha value is -1.10. The molecule has 2 nitrogen and oxygen atoms in total. The summed E-state index contributed by atoms with van der Waals surface area (Å²) in [5.41, 5.74) is 1.62. The number of rotatable bonds is 1. The molecule has 12 heavy (non-hydrogen) atoms. The zero-order chi connectivity index (χ0) is 9.94. The fourth-order valence-electron chi connectivity index (χ4n) is 0.793. The molecule has 0 rings (SSSR count). The summed E-state index contributed by atoms with van der Waals surface area (Å²) in [5, 5.41) is 16.5. The average Bonchev–Trinajstić information content (AvgIpc) is 1.86. The molecule has 0 saturated carbocycles. The summed E-state index contributed by atoms with van der Waals surface area (Å²) in [6, 6.07) is 2.06. The molecule has 2 heteroatoms. The van der Waals surface area contributed by atoms with Gasteiger partial charge in [-0.25, -0.2) is 0 Å². The average molecular weight is 164 g/mol. The highest BCUT2D eigenvalue weighted by molar-refractivity contribution is 6.05. The van der Waals surface area contributed by atoms with Crippen LogP contribution in [0.15, 0.2) is 11.1 Å². The molecule has 0 aromatic carbocycles. The molecule has 0 unspecified atom stereocenters. The van der Waals surface area contributed by atoms with Crippen LogP contribution in [0.25, 0.3) is 0 Å². The van der Waals surface area contributed by atoms with E-state index in [-0.39, 0.29) is 5.41 Å². The van der Waals surface area contributed by atoms with Gasteiger partial charge in [-0.15, -0.1) is 0 Å². The lowest BCUT2D eigenvalue weighted by molar-refractivity contribution is 0.588. The molecule has 0 fully saturated rings. The summed E-state index contributed by atoms with van der Waals surface area (Å²) in [5.74, 6) is 0. The van der Waals surface area contributed by atoms with E-state index < -0.39 is 0 Å². The molecule has 0 atom stereocenters. The minimum atomic E-state index is -0.234. The van der Waals surface area contributed by atoms with Crippen molar-refractivity contribution in [2.75, 3.05) is 0 Å². The standard InChI is InChI=1S/C10H16N2/c1-7(2)8(6-11)9(12)10(3,4)5/h12H,1-5H3. The lowest BCUT2D eigenvalue weighted by atomic mass is 9.84. The Morgan fingerprint density at radius 3 is 1.75 bits per heavy atom. The van der Waals surface area contributed by atoms with Crippen LogP contribution in [-0.4, -0.2) is 5.71 Å². The van der Waals surface area contributed by atoms with E-state index >= 15 is 0 Å². The first-order valence-electron chi connectivity index (χ1n) is 3.97. The van der Waals surface area contributed by atoms with Gasteiger partial charge in [-0.1, -0.05) is 26.3 Å². The van der Waals surface area contributed by atoms with Crippen LogP contribution in [0.5, 0.6) is 0 Å². The largest absolute Gasteiger partial charge is 0.303 e. The van der Waals surface area contributed by atoms with E-state index in [1.165, 1.54) is 0 Å². The Kier molecular flexibility index (Phi) is 3.21. The maximum atomic E-state index is 8.78. The first kappa shape index (κ1) is 10.9. The highest BCUT2D eigenvalue weighted by Gasteiger charge is 2.21. The second-order valence-corrected chi connectivity index (χ2v) is 4.11. The number of hydrogen-bond acceptors (Lipinski definition) is 2. The predicted octanol–water partition coefficient (Wildman–Crippen LogP) is 2.91. The molecule has 0 aromatic rings. The smallest absolute Gasteiger partial charge is 0.101 e. The van der Waals surface area contributed by atoms with Crippen LogP contribution in [0.2, 0.25) is 0 Å². The van der Waals surface area contributed by atoms with Crippen LogP contribution >= 0.6 is 0 Å². The fraction of sp³-hybridized carbons (Fsp3) is 0.600. The topological polar surface area (TPSA) is 47.6 Å².